The minimum absolute atomic E-state index is 0.210. The van der Waals surface area contributed by atoms with Crippen molar-refractivity contribution in [2.45, 2.75) is 53.0 Å². The number of aromatic nitrogens is 4. The Labute approximate surface area is 207 Å². The SMILES string of the molecule is CCCN1CC2(CCN(c3ccc(Nc4ncc(C)c(-c5cnn(C(C)C)c5)n4)cc3F)CC2)C1. The van der Waals surface area contributed by atoms with E-state index in [1.807, 2.05) is 36.1 Å². The van der Waals surface area contributed by atoms with Gasteiger partial charge in [0.25, 0.3) is 0 Å². The summed E-state index contributed by atoms with van der Waals surface area (Å²) >= 11 is 0. The molecule has 2 aromatic heterocycles. The summed E-state index contributed by atoms with van der Waals surface area (Å²) < 4.78 is 17.0. The van der Waals surface area contributed by atoms with E-state index < -0.39 is 0 Å². The summed E-state index contributed by atoms with van der Waals surface area (Å²) in [5, 5.41) is 7.60. The van der Waals surface area contributed by atoms with Crippen LogP contribution in [0.25, 0.3) is 11.3 Å². The van der Waals surface area contributed by atoms with Gasteiger partial charge >= 0.3 is 0 Å². The minimum atomic E-state index is -0.210. The van der Waals surface area contributed by atoms with E-state index in [0.29, 0.717) is 22.7 Å². The van der Waals surface area contributed by atoms with Crippen LogP contribution in [0.15, 0.2) is 36.8 Å². The molecular formula is C27H36FN7. The molecule has 3 aromatic rings. The van der Waals surface area contributed by atoms with E-state index in [2.05, 4.69) is 46.0 Å². The third-order valence-electron chi connectivity index (χ3n) is 7.40. The van der Waals surface area contributed by atoms with Crippen LogP contribution >= 0.6 is 0 Å². The van der Waals surface area contributed by atoms with Crippen LogP contribution in [-0.4, -0.2) is 57.4 Å². The van der Waals surface area contributed by atoms with Gasteiger partial charge in [0, 0.05) is 55.9 Å². The number of hydrogen-bond acceptors (Lipinski definition) is 6. The van der Waals surface area contributed by atoms with Gasteiger partial charge in [-0.05, 0) is 75.8 Å². The molecular weight excluding hydrogens is 441 g/mol. The van der Waals surface area contributed by atoms with Crippen molar-refractivity contribution < 1.29 is 4.39 Å². The van der Waals surface area contributed by atoms with E-state index in [-0.39, 0.29) is 11.9 Å². The van der Waals surface area contributed by atoms with Gasteiger partial charge in [0.15, 0.2) is 0 Å². The van der Waals surface area contributed by atoms with E-state index >= 15 is 4.39 Å². The molecule has 0 bridgehead atoms. The standard InChI is InChI=1S/C27H36FN7/c1-5-10-33-17-27(18-33)8-11-34(12-9-27)24-7-6-22(13-23(24)28)31-26-29-14-20(4)25(32-26)21-15-30-35(16-21)19(2)3/h6-7,13-16,19H,5,8-12,17-18H2,1-4H3,(H,29,31,32). The molecule has 2 aliphatic heterocycles. The molecule has 0 atom stereocenters. The third kappa shape index (κ3) is 4.89. The second kappa shape index (κ2) is 9.57. The predicted octanol–water partition coefficient (Wildman–Crippen LogP) is 5.42. The van der Waals surface area contributed by atoms with Crippen molar-refractivity contribution in [3.63, 3.8) is 0 Å². The Morgan fingerprint density at radius 1 is 1.14 bits per heavy atom. The summed E-state index contributed by atoms with van der Waals surface area (Å²) in [6.45, 7) is 13.8. The first-order chi connectivity index (χ1) is 16.9. The molecule has 1 aromatic carbocycles. The van der Waals surface area contributed by atoms with Gasteiger partial charge in [-0.2, -0.15) is 5.10 Å². The molecule has 0 unspecified atom stereocenters. The molecule has 2 aliphatic rings. The van der Waals surface area contributed by atoms with Crippen molar-refractivity contribution in [3.05, 3.63) is 48.2 Å². The molecule has 5 rings (SSSR count). The van der Waals surface area contributed by atoms with Crippen LogP contribution in [0, 0.1) is 18.2 Å². The van der Waals surface area contributed by atoms with E-state index in [4.69, 9.17) is 4.98 Å². The lowest BCUT2D eigenvalue weighted by Gasteiger charge is -2.54. The zero-order valence-electron chi connectivity index (χ0n) is 21.3. The third-order valence-corrected chi connectivity index (χ3v) is 7.40. The average molecular weight is 478 g/mol. The van der Waals surface area contributed by atoms with Crippen molar-refractivity contribution in [2.24, 2.45) is 5.41 Å². The molecule has 186 valence electrons. The van der Waals surface area contributed by atoms with Crippen molar-refractivity contribution in [2.75, 3.05) is 42.9 Å². The maximum atomic E-state index is 15.1. The number of nitrogens with one attached hydrogen (secondary N) is 1. The Morgan fingerprint density at radius 2 is 1.91 bits per heavy atom. The van der Waals surface area contributed by atoms with Crippen molar-refractivity contribution >= 4 is 17.3 Å². The fraction of sp³-hybridized carbons (Fsp3) is 0.519. The second-order valence-electron chi connectivity index (χ2n) is 10.5. The molecule has 1 N–H and O–H groups in total. The van der Waals surface area contributed by atoms with Crippen LogP contribution in [0.1, 0.15) is 51.6 Å². The first-order valence-corrected chi connectivity index (χ1v) is 12.8. The van der Waals surface area contributed by atoms with Crippen LogP contribution in [0.4, 0.5) is 21.7 Å². The topological polar surface area (TPSA) is 62.1 Å². The molecule has 1 spiro atoms. The molecule has 0 radical (unpaired) electrons. The van der Waals surface area contributed by atoms with Gasteiger partial charge in [-0.25, -0.2) is 14.4 Å². The number of rotatable bonds is 7. The highest BCUT2D eigenvalue weighted by atomic mass is 19.1. The van der Waals surface area contributed by atoms with Crippen molar-refractivity contribution in [3.8, 4) is 11.3 Å². The Bertz CT molecular complexity index is 1170. The summed E-state index contributed by atoms with van der Waals surface area (Å²) in [6.07, 6.45) is 9.09. The second-order valence-corrected chi connectivity index (χ2v) is 10.5. The van der Waals surface area contributed by atoms with Crippen LogP contribution in [0.5, 0.6) is 0 Å². The fourth-order valence-electron chi connectivity index (χ4n) is 5.42. The van der Waals surface area contributed by atoms with Gasteiger partial charge in [-0.1, -0.05) is 6.92 Å². The van der Waals surface area contributed by atoms with Crippen LogP contribution < -0.4 is 10.2 Å². The number of likely N-dealkylation sites (tertiary alicyclic amines) is 1. The quantitative estimate of drug-likeness (QED) is 0.490. The molecule has 2 saturated heterocycles. The molecule has 4 heterocycles. The molecule has 0 amide bonds. The fourth-order valence-corrected chi connectivity index (χ4v) is 5.42. The van der Waals surface area contributed by atoms with E-state index in [1.54, 1.807) is 12.3 Å². The smallest absolute Gasteiger partial charge is 0.227 e. The number of benzene rings is 1. The van der Waals surface area contributed by atoms with Gasteiger partial charge in [-0.3, -0.25) is 4.68 Å². The Balaban J connectivity index is 1.25. The van der Waals surface area contributed by atoms with Crippen molar-refractivity contribution in [1.29, 1.82) is 0 Å². The van der Waals surface area contributed by atoms with E-state index in [1.165, 1.54) is 26.1 Å². The van der Waals surface area contributed by atoms with Gasteiger partial charge in [0.2, 0.25) is 5.95 Å². The summed E-state index contributed by atoms with van der Waals surface area (Å²) in [6, 6.07) is 5.61. The minimum Gasteiger partial charge on any atom is -0.369 e. The summed E-state index contributed by atoms with van der Waals surface area (Å²) in [5.74, 6) is 0.231. The normalized spacial score (nSPS) is 17.7. The zero-order valence-corrected chi connectivity index (χ0v) is 21.3. The maximum Gasteiger partial charge on any atom is 0.227 e. The van der Waals surface area contributed by atoms with Gasteiger partial charge in [-0.15, -0.1) is 0 Å². The van der Waals surface area contributed by atoms with Gasteiger partial charge < -0.3 is 15.1 Å². The summed E-state index contributed by atoms with van der Waals surface area (Å²) in [5.41, 5.74) is 4.50. The molecule has 35 heavy (non-hydrogen) atoms. The maximum absolute atomic E-state index is 15.1. The number of piperidine rings is 1. The number of nitrogens with zero attached hydrogens (tertiary/aromatic N) is 6. The highest BCUT2D eigenvalue weighted by Crippen LogP contribution is 2.41. The van der Waals surface area contributed by atoms with E-state index in [9.17, 15) is 0 Å². The Morgan fingerprint density at radius 3 is 2.57 bits per heavy atom. The Kier molecular flexibility index (Phi) is 6.49. The first-order valence-electron chi connectivity index (χ1n) is 12.8. The first kappa shape index (κ1) is 23.7. The van der Waals surface area contributed by atoms with Gasteiger partial charge in [0.05, 0.1) is 17.6 Å². The molecule has 0 aliphatic carbocycles. The number of hydrogen-bond donors (Lipinski definition) is 1. The number of aryl methyl sites for hydroxylation is 1. The largest absolute Gasteiger partial charge is 0.369 e. The molecule has 0 saturated carbocycles. The average Bonchev–Trinajstić information content (AvgIpc) is 3.31. The van der Waals surface area contributed by atoms with Crippen LogP contribution in [-0.2, 0) is 0 Å². The lowest BCUT2D eigenvalue weighted by Crippen LogP contribution is -2.60. The number of halogens is 1. The lowest BCUT2D eigenvalue weighted by molar-refractivity contribution is -0.0179. The van der Waals surface area contributed by atoms with E-state index in [0.717, 1.165) is 42.8 Å². The van der Waals surface area contributed by atoms with Crippen LogP contribution in [0.2, 0.25) is 0 Å². The molecule has 2 fully saturated rings. The highest BCUT2D eigenvalue weighted by molar-refractivity contribution is 5.65. The molecule has 8 heteroatoms. The Hall–Kier alpha value is -3.00. The molecule has 7 nitrogen and oxygen atoms in total. The lowest BCUT2D eigenvalue weighted by atomic mass is 9.72. The van der Waals surface area contributed by atoms with Crippen molar-refractivity contribution in [1.82, 2.24) is 24.6 Å². The summed E-state index contributed by atoms with van der Waals surface area (Å²) in [4.78, 5) is 13.8. The zero-order chi connectivity index (χ0) is 24.6. The summed E-state index contributed by atoms with van der Waals surface area (Å²) in [7, 11) is 0. The van der Waals surface area contributed by atoms with Crippen LogP contribution in [0.3, 0.4) is 0 Å². The predicted molar refractivity (Wildman–Crippen MR) is 139 cm³/mol. The monoisotopic (exact) mass is 477 g/mol. The highest BCUT2D eigenvalue weighted by Gasteiger charge is 2.44. The van der Waals surface area contributed by atoms with Gasteiger partial charge in [0.1, 0.15) is 5.82 Å². The number of anilines is 3.